The van der Waals surface area contributed by atoms with Crippen LogP contribution < -0.4 is 5.32 Å². The van der Waals surface area contributed by atoms with Gasteiger partial charge in [-0.25, -0.2) is 0 Å². The fourth-order valence-corrected chi connectivity index (χ4v) is 3.09. The molecule has 22 heavy (non-hydrogen) atoms. The molecule has 0 spiro atoms. The van der Waals surface area contributed by atoms with Crippen molar-refractivity contribution in [2.45, 2.75) is 51.9 Å². The molecule has 122 valence electrons. The summed E-state index contributed by atoms with van der Waals surface area (Å²) in [5.41, 5.74) is 1.90. The Labute approximate surface area is 135 Å². The van der Waals surface area contributed by atoms with Crippen molar-refractivity contribution in [3.05, 3.63) is 35.4 Å². The van der Waals surface area contributed by atoms with E-state index < -0.39 is 0 Å². The number of amides is 1. The summed E-state index contributed by atoms with van der Waals surface area (Å²) in [7, 11) is 0. The molecular formula is C19H30N2O. The van der Waals surface area contributed by atoms with Crippen LogP contribution in [0.4, 0.5) is 0 Å². The van der Waals surface area contributed by atoms with Gasteiger partial charge < -0.3 is 10.2 Å². The molecule has 0 saturated carbocycles. The minimum absolute atomic E-state index is 0.0521. The number of likely N-dealkylation sites (tertiary alicyclic amines) is 1. The zero-order valence-electron chi connectivity index (χ0n) is 13.9. The number of rotatable bonds is 7. The molecule has 0 aliphatic carbocycles. The van der Waals surface area contributed by atoms with Gasteiger partial charge in [0.2, 0.25) is 0 Å². The molecule has 0 aromatic heterocycles. The molecule has 3 nitrogen and oxygen atoms in total. The van der Waals surface area contributed by atoms with Crippen LogP contribution in [0, 0.1) is 6.92 Å². The number of unbranched alkanes of at least 4 members (excludes halogenated alkanes) is 2. The van der Waals surface area contributed by atoms with Crippen LogP contribution in [0.25, 0.3) is 0 Å². The number of carbonyl (C=O) groups excluding carboxylic acids is 1. The third kappa shape index (κ3) is 6.18. The Kier molecular flexibility index (Phi) is 7.44. The van der Waals surface area contributed by atoms with Crippen LogP contribution in [0.3, 0.4) is 0 Å². The maximum atomic E-state index is 12.0. The van der Waals surface area contributed by atoms with Crippen molar-refractivity contribution in [1.29, 1.82) is 0 Å². The average molecular weight is 302 g/mol. The summed E-state index contributed by atoms with van der Waals surface area (Å²) in [6.45, 7) is 6.59. The van der Waals surface area contributed by atoms with Crippen molar-refractivity contribution in [3.8, 4) is 0 Å². The second kappa shape index (κ2) is 9.62. The van der Waals surface area contributed by atoms with E-state index in [9.17, 15) is 4.79 Å². The summed E-state index contributed by atoms with van der Waals surface area (Å²) in [6.07, 6.45) is 9.07. The molecule has 1 N–H and O–H groups in total. The molecule has 1 aromatic rings. The SMILES string of the molecule is Cc1cccc(C(=O)NCCCCCN2CCCCCC2)c1. The van der Waals surface area contributed by atoms with E-state index in [1.165, 1.54) is 58.2 Å². The van der Waals surface area contributed by atoms with Gasteiger partial charge in [0, 0.05) is 12.1 Å². The summed E-state index contributed by atoms with van der Waals surface area (Å²) in [5.74, 6) is 0.0521. The number of aryl methyl sites for hydroxylation is 1. The quantitative estimate of drug-likeness (QED) is 0.778. The molecule has 3 heteroatoms. The lowest BCUT2D eigenvalue weighted by Crippen LogP contribution is -2.26. The monoisotopic (exact) mass is 302 g/mol. The van der Waals surface area contributed by atoms with Crippen LogP contribution in [0.2, 0.25) is 0 Å². The smallest absolute Gasteiger partial charge is 0.251 e. The van der Waals surface area contributed by atoms with Crippen LogP contribution in [-0.4, -0.2) is 37.0 Å². The Bertz CT molecular complexity index is 451. The number of carbonyl (C=O) groups is 1. The summed E-state index contributed by atoms with van der Waals surface area (Å²) in [6, 6.07) is 7.77. The molecule has 1 heterocycles. The first-order valence-electron chi connectivity index (χ1n) is 8.83. The van der Waals surface area contributed by atoms with E-state index in [0.717, 1.165) is 24.1 Å². The van der Waals surface area contributed by atoms with E-state index >= 15 is 0 Å². The number of hydrogen-bond donors (Lipinski definition) is 1. The van der Waals surface area contributed by atoms with Gasteiger partial charge in [-0.1, -0.05) is 37.0 Å². The Balaban J connectivity index is 1.54. The predicted molar refractivity (Wildman–Crippen MR) is 92.3 cm³/mol. The Morgan fingerprint density at radius 3 is 2.59 bits per heavy atom. The Morgan fingerprint density at radius 1 is 1.09 bits per heavy atom. The third-order valence-electron chi connectivity index (χ3n) is 4.42. The fraction of sp³-hybridized carbons (Fsp3) is 0.632. The van der Waals surface area contributed by atoms with E-state index in [1.54, 1.807) is 0 Å². The predicted octanol–water partition coefficient (Wildman–Crippen LogP) is 3.77. The summed E-state index contributed by atoms with van der Waals surface area (Å²) in [4.78, 5) is 14.6. The summed E-state index contributed by atoms with van der Waals surface area (Å²) in [5, 5.41) is 3.02. The molecule has 1 amide bonds. The first kappa shape index (κ1) is 17.0. The minimum atomic E-state index is 0.0521. The van der Waals surface area contributed by atoms with Gasteiger partial charge in [-0.15, -0.1) is 0 Å². The highest BCUT2D eigenvalue weighted by Crippen LogP contribution is 2.10. The second-order valence-corrected chi connectivity index (χ2v) is 6.44. The molecule has 1 aliphatic rings. The topological polar surface area (TPSA) is 32.3 Å². The van der Waals surface area contributed by atoms with Gasteiger partial charge in [-0.3, -0.25) is 4.79 Å². The van der Waals surface area contributed by atoms with Gasteiger partial charge in [-0.2, -0.15) is 0 Å². The molecule has 1 fully saturated rings. The van der Waals surface area contributed by atoms with Crippen LogP contribution in [0.15, 0.2) is 24.3 Å². The van der Waals surface area contributed by atoms with E-state index in [4.69, 9.17) is 0 Å². The molecule has 0 atom stereocenters. The van der Waals surface area contributed by atoms with Gasteiger partial charge >= 0.3 is 0 Å². The molecule has 1 aliphatic heterocycles. The van der Waals surface area contributed by atoms with Crippen molar-refractivity contribution in [2.75, 3.05) is 26.2 Å². The second-order valence-electron chi connectivity index (χ2n) is 6.44. The third-order valence-corrected chi connectivity index (χ3v) is 4.42. The lowest BCUT2D eigenvalue weighted by Gasteiger charge is -2.19. The van der Waals surface area contributed by atoms with E-state index in [2.05, 4.69) is 10.2 Å². The number of hydrogen-bond acceptors (Lipinski definition) is 2. The van der Waals surface area contributed by atoms with Crippen LogP contribution in [-0.2, 0) is 0 Å². The van der Waals surface area contributed by atoms with Crippen LogP contribution >= 0.6 is 0 Å². The largest absolute Gasteiger partial charge is 0.352 e. The highest BCUT2D eigenvalue weighted by molar-refractivity contribution is 5.94. The fourth-order valence-electron chi connectivity index (χ4n) is 3.09. The van der Waals surface area contributed by atoms with Crippen molar-refractivity contribution in [1.82, 2.24) is 10.2 Å². The lowest BCUT2D eigenvalue weighted by atomic mass is 10.1. The zero-order valence-corrected chi connectivity index (χ0v) is 13.9. The summed E-state index contributed by atoms with van der Waals surface area (Å²) >= 11 is 0. The first-order valence-corrected chi connectivity index (χ1v) is 8.83. The van der Waals surface area contributed by atoms with Gasteiger partial charge in [0.1, 0.15) is 0 Å². The van der Waals surface area contributed by atoms with Crippen molar-refractivity contribution in [2.24, 2.45) is 0 Å². The number of benzene rings is 1. The van der Waals surface area contributed by atoms with E-state index in [1.807, 2.05) is 31.2 Å². The normalized spacial score (nSPS) is 16.2. The van der Waals surface area contributed by atoms with Crippen molar-refractivity contribution in [3.63, 3.8) is 0 Å². The van der Waals surface area contributed by atoms with Crippen molar-refractivity contribution < 1.29 is 4.79 Å². The first-order chi connectivity index (χ1) is 10.8. The van der Waals surface area contributed by atoms with E-state index in [-0.39, 0.29) is 5.91 Å². The Hall–Kier alpha value is -1.35. The van der Waals surface area contributed by atoms with Crippen LogP contribution in [0.5, 0.6) is 0 Å². The van der Waals surface area contributed by atoms with Crippen molar-refractivity contribution >= 4 is 5.91 Å². The minimum Gasteiger partial charge on any atom is -0.352 e. The van der Waals surface area contributed by atoms with Gasteiger partial charge in [0.15, 0.2) is 0 Å². The number of nitrogens with one attached hydrogen (secondary N) is 1. The van der Waals surface area contributed by atoms with Gasteiger partial charge in [0.05, 0.1) is 0 Å². The maximum Gasteiger partial charge on any atom is 0.251 e. The molecular weight excluding hydrogens is 272 g/mol. The molecule has 2 rings (SSSR count). The molecule has 1 saturated heterocycles. The average Bonchev–Trinajstić information content (AvgIpc) is 2.79. The van der Waals surface area contributed by atoms with Gasteiger partial charge in [0.25, 0.3) is 5.91 Å². The number of nitrogens with zero attached hydrogens (tertiary/aromatic N) is 1. The van der Waals surface area contributed by atoms with Gasteiger partial charge in [-0.05, 0) is 64.4 Å². The zero-order chi connectivity index (χ0) is 15.6. The van der Waals surface area contributed by atoms with Crippen LogP contribution in [0.1, 0.15) is 60.9 Å². The molecule has 0 bridgehead atoms. The van der Waals surface area contributed by atoms with E-state index in [0.29, 0.717) is 0 Å². The lowest BCUT2D eigenvalue weighted by molar-refractivity contribution is 0.0952. The Morgan fingerprint density at radius 2 is 1.86 bits per heavy atom. The highest BCUT2D eigenvalue weighted by atomic mass is 16.1. The summed E-state index contributed by atoms with van der Waals surface area (Å²) < 4.78 is 0. The molecule has 0 radical (unpaired) electrons. The standard InChI is InChI=1S/C19H30N2O/c1-17-10-9-11-18(16-17)19(22)20-12-5-4-8-15-21-13-6-2-3-7-14-21/h9-11,16H,2-8,12-15H2,1H3,(H,20,22). The molecule has 1 aromatic carbocycles. The maximum absolute atomic E-state index is 12.0. The highest BCUT2D eigenvalue weighted by Gasteiger charge is 2.08. The molecule has 0 unspecified atom stereocenters.